The predicted octanol–water partition coefficient (Wildman–Crippen LogP) is 3.29. The van der Waals surface area contributed by atoms with Crippen LogP contribution in [0.25, 0.3) is 0 Å². The number of aromatic carboxylic acids is 1. The van der Waals surface area contributed by atoms with E-state index in [9.17, 15) is 14.7 Å². The molecule has 0 heterocycles. The van der Waals surface area contributed by atoms with Gasteiger partial charge in [-0.15, -0.1) is 0 Å². The van der Waals surface area contributed by atoms with Gasteiger partial charge >= 0.3 is 5.97 Å². The predicted molar refractivity (Wildman–Crippen MR) is 84.3 cm³/mol. The van der Waals surface area contributed by atoms with E-state index in [-0.39, 0.29) is 11.5 Å². The number of nitrogens with one attached hydrogen (secondary N) is 1. The number of aryl methyl sites for hydroxylation is 2. The largest absolute Gasteiger partial charge is 0.478 e. The summed E-state index contributed by atoms with van der Waals surface area (Å²) in [5, 5.41) is 12.1. The van der Waals surface area contributed by atoms with Crippen molar-refractivity contribution < 1.29 is 19.4 Å². The molecule has 22 heavy (non-hydrogen) atoms. The quantitative estimate of drug-likeness (QED) is 0.895. The molecule has 1 aromatic carbocycles. The van der Waals surface area contributed by atoms with Crippen molar-refractivity contribution in [2.75, 3.05) is 12.4 Å². The van der Waals surface area contributed by atoms with Crippen molar-refractivity contribution in [2.24, 2.45) is 0 Å². The number of hydrogen-bond donors (Lipinski definition) is 2. The van der Waals surface area contributed by atoms with Crippen molar-refractivity contribution in [3.8, 4) is 0 Å². The van der Waals surface area contributed by atoms with Crippen LogP contribution in [0.3, 0.4) is 0 Å². The number of hydrogen-bond acceptors (Lipinski definition) is 3. The molecule has 1 amide bonds. The van der Waals surface area contributed by atoms with Crippen LogP contribution >= 0.6 is 0 Å². The number of rotatable bonds is 4. The number of benzene rings is 1. The van der Waals surface area contributed by atoms with E-state index >= 15 is 0 Å². The highest BCUT2D eigenvalue weighted by Crippen LogP contribution is 2.33. The minimum Gasteiger partial charge on any atom is -0.478 e. The second kappa shape index (κ2) is 6.48. The molecule has 1 aliphatic rings. The zero-order valence-electron chi connectivity index (χ0n) is 13.4. The average molecular weight is 305 g/mol. The lowest BCUT2D eigenvalue weighted by atomic mass is 9.83. The first-order valence-electron chi connectivity index (χ1n) is 7.61. The van der Waals surface area contributed by atoms with E-state index in [1.807, 2.05) is 6.92 Å². The molecule has 0 aromatic heterocycles. The molecule has 1 aromatic rings. The normalized spacial score (nSPS) is 17.0. The van der Waals surface area contributed by atoms with E-state index in [1.54, 1.807) is 20.1 Å². The molecule has 0 radical (unpaired) electrons. The molecule has 0 spiro atoms. The van der Waals surface area contributed by atoms with E-state index < -0.39 is 11.6 Å². The van der Waals surface area contributed by atoms with Gasteiger partial charge in [-0.05, 0) is 43.9 Å². The minimum absolute atomic E-state index is 0.182. The summed E-state index contributed by atoms with van der Waals surface area (Å²) in [6, 6.07) is 3.30. The summed E-state index contributed by atoms with van der Waals surface area (Å²) >= 11 is 0. The van der Waals surface area contributed by atoms with Crippen LogP contribution in [0.15, 0.2) is 12.1 Å². The van der Waals surface area contributed by atoms with Gasteiger partial charge in [0, 0.05) is 12.8 Å². The molecule has 0 saturated heterocycles. The van der Waals surface area contributed by atoms with Crippen LogP contribution in [-0.2, 0) is 9.53 Å². The molecule has 2 N–H and O–H groups in total. The number of carbonyl (C=O) groups excluding carboxylic acids is 1. The second-order valence-corrected chi connectivity index (χ2v) is 6.00. The Kier molecular flexibility index (Phi) is 4.86. The lowest BCUT2D eigenvalue weighted by molar-refractivity contribution is -0.141. The van der Waals surface area contributed by atoms with E-state index in [4.69, 9.17) is 4.74 Å². The lowest BCUT2D eigenvalue weighted by Crippen LogP contribution is -2.46. The lowest BCUT2D eigenvalue weighted by Gasteiger charge is -2.34. The highest BCUT2D eigenvalue weighted by molar-refractivity contribution is 5.99. The summed E-state index contributed by atoms with van der Waals surface area (Å²) < 4.78 is 5.53. The summed E-state index contributed by atoms with van der Waals surface area (Å²) in [5.74, 6) is -1.18. The summed E-state index contributed by atoms with van der Waals surface area (Å²) in [7, 11) is 1.57. The third kappa shape index (κ3) is 3.14. The van der Waals surface area contributed by atoms with E-state index in [2.05, 4.69) is 5.32 Å². The van der Waals surface area contributed by atoms with E-state index in [0.717, 1.165) is 24.8 Å². The number of anilines is 1. The maximum atomic E-state index is 12.7. The van der Waals surface area contributed by atoms with Crippen LogP contribution in [0.4, 0.5) is 5.69 Å². The fourth-order valence-corrected chi connectivity index (χ4v) is 3.10. The molecule has 0 atom stereocenters. The Labute approximate surface area is 130 Å². The van der Waals surface area contributed by atoms with Gasteiger partial charge in [-0.25, -0.2) is 4.79 Å². The Hall–Kier alpha value is -1.88. The maximum Gasteiger partial charge on any atom is 0.336 e. The highest BCUT2D eigenvalue weighted by atomic mass is 16.5. The molecule has 0 aliphatic heterocycles. The number of carbonyl (C=O) groups is 2. The van der Waals surface area contributed by atoms with Crippen LogP contribution in [-0.4, -0.2) is 29.7 Å². The fourth-order valence-electron chi connectivity index (χ4n) is 3.10. The van der Waals surface area contributed by atoms with Crippen molar-refractivity contribution in [1.29, 1.82) is 0 Å². The molecule has 5 nitrogen and oxygen atoms in total. The Bertz CT molecular complexity index is 589. The second-order valence-electron chi connectivity index (χ2n) is 6.00. The van der Waals surface area contributed by atoms with Gasteiger partial charge in [0.05, 0.1) is 5.56 Å². The molecule has 0 unspecified atom stereocenters. The SMILES string of the molecule is COC1(C(=O)Nc2cc(C(=O)O)c(C)cc2C)CCCCC1. The molecular formula is C17H23NO4. The third-order valence-electron chi connectivity index (χ3n) is 4.52. The number of methoxy groups -OCH3 is 1. The number of carboxylic acids is 1. The monoisotopic (exact) mass is 305 g/mol. The van der Waals surface area contributed by atoms with Crippen molar-refractivity contribution in [2.45, 2.75) is 51.6 Å². The smallest absolute Gasteiger partial charge is 0.336 e. The molecule has 1 saturated carbocycles. The van der Waals surface area contributed by atoms with E-state index in [1.165, 1.54) is 6.07 Å². The first-order chi connectivity index (χ1) is 10.4. The van der Waals surface area contributed by atoms with Gasteiger partial charge in [0.15, 0.2) is 0 Å². The standard InChI is InChI=1S/C17H23NO4/c1-11-9-12(2)14(10-13(11)15(19)20)18-16(21)17(22-3)7-5-4-6-8-17/h9-10H,4-8H2,1-3H3,(H,18,21)(H,19,20). The van der Waals surface area contributed by atoms with Crippen molar-refractivity contribution in [3.05, 3.63) is 28.8 Å². The van der Waals surface area contributed by atoms with Gasteiger partial charge in [0.1, 0.15) is 5.60 Å². The van der Waals surface area contributed by atoms with Gasteiger partial charge in [0.2, 0.25) is 0 Å². The zero-order chi connectivity index (χ0) is 16.3. The highest BCUT2D eigenvalue weighted by Gasteiger charge is 2.39. The summed E-state index contributed by atoms with van der Waals surface area (Å²) in [5.41, 5.74) is 1.48. The van der Waals surface area contributed by atoms with Crippen molar-refractivity contribution >= 4 is 17.6 Å². The number of carboxylic acid groups (broad SMARTS) is 1. The summed E-state index contributed by atoms with van der Waals surface area (Å²) in [6.45, 7) is 3.61. The molecule has 120 valence electrons. The Morgan fingerprint density at radius 2 is 1.77 bits per heavy atom. The van der Waals surface area contributed by atoms with Gasteiger partial charge < -0.3 is 15.2 Å². The topological polar surface area (TPSA) is 75.6 Å². The van der Waals surface area contributed by atoms with Crippen molar-refractivity contribution in [1.82, 2.24) is 0 Å². The van der Waals surface area contributed by atoms with Crippen LogP contribution < -0.4 is 5.32 Å². The molecule has 0 bridgehead atoms. The Morgan fingerprint density at radius 3 is 2.32 bits per heavy atom. The first kappa shape index (κ1) is 16.5. The Balaban J connectivity index is 2.27. The fraction of sp³-hybridized carbons (Fsp3) is 0.529. The number of amides is 1. The van der Waals surface area contributed by atoms with Gasteiger partial charge in [-0.1, -0.05) is 25.3 Å². The average Bonchev–Trinajstić information content (AvgIpc) is 2.50. The van der Waals surface area contributed by atoms with Gasteiger partial charge in [0.25, 0.3) is 5.91 Å². The molecular weight excluding hydrogens is 282 g/mol. The van der Waals surface area contributed by atoms with Crippen LogP contribution in [0.5, 0.6) is 0 Å². The summed E-state index contributed by atoms with van der Waals surface area (Å²) in [6.07, 6.45) is 4.45. The van der Waals surface area contributed by atoms with Crippen LogP contribution in [0.2, 0.25) is 0 Å². The number of ether oxygens (including phenoxy) is 1. The molecule has 2 rings (SSSR count). The van der Waals surface area contributed by atoms with Gasteiger partial charge in [-0.3, -0.25) is 4.79 Å². The molecule has 1 fully saturated rings. The molecule has 1 aliphatic carbocycles. The van der Waals surface area contributed by atoms with Crippen LogP contribution in [0.1, 0.15) is 53.6 Å². The zero-order valence-corrected chi connectivity index (χ0v) is 13.4. The van der Waals surface area contributed by atoms with Gasteiger partial charge in [-0.2, -0.15) is 0 Å². The summed E-state index contributed by atoms with van der Waals surface area (Å²) in [4.78, 5) is 23.9. The third-order valence-corrected chi connectivity index (χ3v) is 4.52. The van der Waals surface area contributed by atoms with Crippen LogP contribution in [0, 0.1) is 13.8 Å². The molecule has 5 heteroatoms. The maximum absolute atomic E-state index is 12.7. The minimum atomic E-state index is -0.993. The first-order valence-corrected chi connectivity index (χ1v) is 7.61. The van der Waals surface area contributed by atoms with E-state index in [0.29, 0.717) is 24.1 Å². The Morgan fingerprint density at radius 1 is 1.14 bits per heavy atom. The van der Waals surface area contributed by atoms with Crippen molar-refractivity contribution in [3.63, 3.8) is 0 Å².